The van der Waals surface area contributed by atoms with Gasteiger partial charge in [0.2, 0.25) is 0 Å². The predicted molar refractivity (Wildman–Crippen MR) is 128 cm³/mol. The third-order valence-corrected chi connectivity index (χ3v) is 5.48. The Kier molecular flexibility index (Phi) is 8.98. The summed E-state index contributed by atoms with van der Waals surface area (Å²) in [6.45, 7) is 4.35. The lowest BCUT2D eigenvalue weighted by molar-refractivity contribution is -0.143. The molecule has 0 bridgehead atoms. The van der Waals surface area contributed by atoms with Crippen LogP contribution in [-0.4, -0.2) is 30.1 Å². The zero-order valence-electron chi connectivity index (χ0n) is 19.5. The molecule has 1 aliphatic rings. The number of allylic oxidation sites excluding steroid dienone is 2. The lowest BCUT2D eigenvalue weighted by Gasteiger charge is -2.31. The van der Waals surface area contributed by atoms with E-state index in [1.165, 1.54) is 0 Å². The van der Waals surface area contributed by atoms with Crippen molar-refractivity contribution in [3.8, 4) is 6.07 Å². The maximum Gasteiger partial charge on any atom is 0.337 e. The number of carbonyl (C=O) groups excluding carboxylic acids is 2. The molecule has 2 heterocycles. The van der Waals surface area contributed by atoms with Gasteiger partial charge in [0.15, 0.2) is 0 Å². The number of benzene rings is 1. The van der Waals surface area contributed by atoms with Crippen LogP contribution in [0.4, 0.5) is 0 Å². The number of rotatable bonds is 10. The van der Waals surface area contributed by atoms with Crippen molar-refractivity contribution in [2.45, 2.75) is 45.4 Å². The summed E-state index contributed by atoms with van der Waals surface area (Å²) < 4.78 is 10.7. The van der Waals surface area contributed by atoms with Crippen molar-refractivity contribution in [2.75, 3.05) is 13.2 Å². The van der Waals surface area contributed by atoms with E-state index in [1.54, 1.807) is 25.4 Å². The summed E-state index contributed by atoms with van der Waals surface area (Å²) in [6.07, 6.45) is 5.42. The van der Waals surface area contributed by atoms with Gasteiger partial charge in [-0.1, -0.05) is 49.7 Å². The second-order valence-electron chi connectivity index (χ2n) is 7.80. The average molecular weight is 460 g/mol. The second-order valence-corrected chi connectivity index (χ2v) is 7.80. The second kappa shape index (κ2) is 12.4. The normalized spacial score (nSPS) is 15.4. The molecule has 0 amide bonds. The molecule has 176 valence electrons. The van der Waals surface area contributed by atoms with Crippen LogP contribution >= 0.6 is 0 Å². The molecule has 34 heavy (non-hydrogen) atoms. The van der Waals surface area contributed by atoms with Gasteiger partial charge in [-0.15, -0.1) is 0 Å². The maximum absolute atomic E-state index is 13.2. The first kappa shape index (κ1) is 24.7. The fraction of sp³-hybridized carbons (Fsp3) is 0.333. The number of nitrogens with zero attached hydrogens (tertiary/aromatic N) is 2. The van der Waals surface area contributed by atoms with Gasteiger partial charge in [-0.25, -0.2) is 4.79 Å². The molecule has 1 aliphatic heterocycles. The van der Waals surface area contributed by atoms with Crippen LogP contribution in [0.3, 0.4) is 0 Å². The van der Waals surface area contributed by atoms with Crippen molar-refractivity contribution in [3.05, 3.63) is 82.8 Å². The third-order valence-electron chi connectivity index (χ3n) is 5.48. The van der Waals surface area contributed by atoms with Crippen LogP contribution in [0.25, 0.3) is 5.70 Å². The number of nitrogens with one attached hydrogen (secondary N) is 1. The Morgan fingerprint density at radius 2 is 1.91 bits per heavy atom. The lowest BCUT2D eigenvalue weighted by Crippen LogP contribution is -2.30. The number of esters is 2. The van der Waals surface area contributed by atoms with E-state index in [0.29, 0.717) is 34.7 Å². The zero-order valence-corrected chi connectivity index (χ0v) is 19.5. The highest BCUT2D eigenvalue weighted by Gasteiger charge is 2.37. The molecular formula is C27H29N3O4. The van der Waals surface area contributed by atoms with Crippen molar-refractivity contribution in [1.82, 2.24) is 10.3 Å². The smallest absolute Gasteiger partial charge is 0.337 e. The van der Waals surface area contributed by atoms with E-state index >= 15 is 0 Å². The van der Waals surface area contributed by atoms with E-state index in [4.69, 9.17) is 9.47 Å². The van der Waals surface area contributed by atoms with Gasteiger partial charge < -0.3 is 14.8 Å². The Balaban J connectivity index is 2.08. The van der Waals surface area contributed by atoms with Crippen LogP contribution in [0.15, 0.2) is 71.7 Å². The highest BCUT2D eigenvalue weighted by atomic mass is 16.5. The molecule has 0 radical (unpaired) electrons. The minimum absolute atomic E-state index is 0.119. The maximum atomic E-state index is 13.2. The van der Waals surface area contributed by atoms with Crippen molar-refractivity contribution in [3.63, 3.8) is 0 Å². The van der Waals surface area contributed by atoms with Gasteiger partial charge in [0, 0.05) is 18.1 Å². The van der Waals surface area contributed by atoms with E-state index in [2.05, 4.69) is 16.4 Å². The topological polar surface area (TPSA) is 101 Å². The van der Waals surface area contributed by atoms with Gasteiger partial charge in [-0.05, 0) is 37.0 Å². The van der Waals surface area contributed by atoms with E-state index in [0.717, 1.165) is 18.4 Å². The number of dihydropyridines is 1. The highest BCUT2D eigenvalue weighted by molar-refractivity contribution is 6.01. The molecule has 0 spiro atoms. The quantitative estimate of drug-likeness (QED) is 0.408. The number of aromatic nitrogens is 1. The molecule has 0 fully saturated rings. The van der Waals surface area contributed by atoms with Gasteiger partial charge in [-0.2, -0.15) is 5.26 Å². The standard InChI is InChI=1S/C27H29N3O4/c1-3-5-16-34-23(31)14-13-22-21(17-28)24(20-12-9-15-29-18-20)25(27(32)33-4-2)26(30-22)19-10-7-6-8-11-19/h6-12,15,18,24,30H,3-5,13-14,16H2,1-2H3/t24-/m1/s1. The summed E-state index contributed by atoms with van der Waals surface area (Å²) in [5.41, 5.74) is 3.31. The molecule has 3 rings (SSSR count). The van der Waals surface area contributed by atoms with E-state index in [9.17, 15) is 14.9 Å². The molecule has 7 heteroatoms. The summed E-state index contributed by atoms with van der Waals surface area (Å²) in [7, 11) is 0. The van der Waals surface area contributed by atoms with Gasteiger partial charge in [0.05, 0.1) is 48.5 Å². The largest absolute Gasteiger partial charge is 0.466 e. The number of ether oxygens (including phenoxy) is 2. The Morgan fingerprint density at radius 1 is 1.12 bits per heavy atom. The Morgan fingerprint density at radius 3 is 2.56 bits per heavy atom. The number of hydrogen-bond donors (Lipinski definition) is 1. The van der Waals surface area contributed by atoms with E-state index < -0.39 is 11.9 Å². The number of hydrogen-bond acceptors (Lipinski definition) is 7. The molecule has 1 aromatic carbocycles. The first-order valence-electron chi connectivity index (χ1n) is 11.5. The molecule has 1 atom stereocenters. The highest BCUT2D eigenvalue weighted by Crippen LogP contribution is 2.41. The Hall–Kier alpha value is -3.92. The number of pyridine rings is 1. The molecule has 1 N–H and O–H groups in total. The fourth-order valence-corrected chi connectivity index (χ4v) is 3.85. The van der Waals surface area contributed by atoms with E-state index in [-0.39, 0.29) is 25.4 Å². The summed E-state index contributed by atoms with van der Waals surface area (Å²) in [4.78, 5) is 29.7. The summed E-state index contributed by atoms with van der Waals surface area (Å²) >= 11 is 0. The van der Waals surface area contributed by atoms with Gasteiger partial charge in [0.25, 0.3) is 0 Å². The summed E-state index contributed by atoms with van der Waals surface area (Å²) in [5, 5.41) is 13.4. The van der Waals surface area contributed by atoms with Crippen molar-refractivity contribution in [2.24, 2.45) is 0 Å². The van der Waals surface area contributed by atoms with Crippen molar-refractivity contribution in [1.29, 1.82) is 5.26 Å². The van der Waals surface area contributed by atoms with Gasteiger partial charge >= 0.3 is 11.9 Å². The lowest BCUT2D eigenvalue weighted by atomic mass is 9.79. The first-order valence-corrected chi connectivity index (χ1v) is 11.5. The van der Waals surface area contributed by atoms with Crippen LogP contribution in [0, 0.1) is 11.3 Å². The molecule has 1 aromatic heterocycles. The Bertz CT molecular complexity index is 1100. The molecule has 0 saturated heterocycles. The number of unbranched alkanes of at least 4 members (excludes halogenated alkanes) is 1. The minimum Gasteiger partial charge on any atom is -0.466 e. The SMILES string of the molecule is CCCCOC(=O)CCC1=C(C#N)[C@@H](c2cccnc2)C(C(=O)OCC)=C(c2ccccc2)N1. The van der Waals surface area contributed by atoms with Crippen LogP contribution in [-0.2, 0) is 19.1 Å². The number of nitriles is 1. The van der Waals surface area contributed by atoms with Crippen molar-refractivity contribution < 1.29 is 19.1 Å². The molecule has 0 aliphatic carbocycles. The first-order chi connectivity index (χ1) is 16.6. The fourth-order valence-electron chi connectivity index (χ4n) is 3.85. The van der Waals surface area contributed by atoms with Crippen LogP contribution in [0.5, 0.6) is 0 Å². The summed E-state index contributed by atoms with van der Waals surface area (Å²) in [5.74, 6) is -1.51. The zero-order chi connectivity index (χ0) is 24.3. The average Bonchev–Trinajstić information content (AvgIpc) is 2.87. The molecule has 7 nitrogen and oxygen atoms in total. The van der Waals surface area contributed by atoms with E-state index in [1.807, 2.05) is 43.3 Å². The monoisotopic (exact) mass is 459 g/mol. The minimum atomic E-state index is -0.680. The number of carbonyl (C=O) groups is 2. The van der Waals surface area contributed by atoms with Gasteiger partial charge in [0.1, 0.15) is 0 Å². The summed E-state index contributed by atoms with van der Waals surface area (Å²) in [6, 6.07) is 15.3. The molecule has 0 unspecified atom stereocenters. The van der Waals surface area contributed by atoms with Crippen molar-refractivity contribution >= 4 is 17.6 Å². The molecule has 0 saturated carbocycles. The third kappa shape index (κ3) is 5.90. The van der Waals surface area contributed by atoms with Gasteiger partial charge in [-0.3, -0.25) is 9.78 Å². The van der Waals surface area contributed by atoms with Crippen LogP contribution in [0.2, 0.25) is 0 Å². The van der Waals surface area contributed by atoms with Crippen LogP contribution < -0.4 is 5.32 Å². The molecule has 2 aromatic rings. The van der Waals surface area contributed by atoms with Crippen LogP contribution in [0.1, 0.15) is 56.6 Å². The Labute approximate surface area is 200 Å². The molecular weight excluding hydrogens is 430 g/mol. The predicted octanol–water partition coefficient (Wildman–Crippen LogP) is 4.64.